The number of hydrogen-bond donors (Lipinski definition) is 1. The lowest BCUT2D eigenvalue weighted by molar-refractivity contribution is -0.115. The summed E-state index contributed by atoms with van der Waals surface area (Å²) in [6.45, 7) is 0. The Morgan fingerprint density at radius 3 is 2.83 bits per heavy atom. The highest BCUT2D eigenvalue weighted by Crippen LogP contribution is 2.23. The van der Waals surface area contributed by atoms with Crippen molar-refractivity contribution in [1.29, 1.82) is 0 Å². The second-order valence-electron chi connectivity index (χ2n) is 5.47. The lowest BCUT2D eigenvalue weighted by Crippen LogP contribution is -2.15. The highest BCUT2D eigenvalue weighted by atomic mass is 32.1. The van der Waals surface area contributed by atoms with Crippen LogP contribution in [0.4, 0.5) is 5.82 Å². The highest BCUT2D eigenvalue weighted by molar-refractivity contribution is 7.15. The topological polar surface area (TPSA) is 64.2 Å². The van der Waals surface area contributed by atoms with Crippen LogP contribution in [0.5, 0.6) is 0 Å². The van der Waals surface area contributed by atoms with Crippen molar-refractivity contribution in [3.8, 4) is 11.3 Å². The maximum absolute atomic E-state index is 12.2. The minimum absolute atomic E-state index is 0.0941. The fraction of sp³-hybridized carbons (Fsp3) is 0.118. The number of aromatic nitrogens is 4. The Labute approximate surface area is 142 Å². The molecule has 0 spiro atoms. The van der Waals surface area contributed by atoms with Gasteiger partial charge in [-0.15, -0.1) is 11.3 Å². The quantitative estimate of drug-likeness (QED) is 0.623. The van der Waals surface area contributed by atoms with E-state index in [2.05, 4.69) is 15.4 Å². The van der Waals surface area contributed by atoms with Gasteiger partial charge >= 0.3 is 0 Å². The molecule has 0 atom stereocenters. The number of nitrogens with zero attached hydrogens (tertiary/aromatic N) is 4. The summed E-state index contributed by atoms with van der Waals surface area (Å²) in [4.78, 5) is 17.7. The van der Waals surface area contributed by atoms with Gasteiger partial charge in [0, 0.05) is 42.1 Å². The van der Waals surface area contributed by atoms with E-state index < -0.39 is 0 Å². The molecule has 3 heterocycles. The van der Waals surface area contributed by atoms with E-state index in [0.29, 0.717) is 5.82 Å². The number of anilines is 1. The molecule has 1 N–H and O–H groups in total. The van der Waals surface area contributed by atoms with E-state index in [4.69, 9.17) is 0 Å². The Morgan fingerprint density at radius 2 is 2.08 bits per heavy atom. The number of fused-ring (bicyclic) bond motifs is 1. The fourth-order valence-electron chi connectivity index (χ4n) is 2.54. The zero-order chi connectivity index (χ0) is 16.5. The van der Waals surface area contributed by atoms with Gasteiger partial charge in [-0.25, -0.2) is 4.98 Å². The van der Waals surface area contributed by atoms with Crippen LogP contribution in [0, 0.1) is 0 Å². The van der Waals surface area contributed by atoms with Crippen LogP contribution in [0.1, 0.15) is 5.69 Å². The summed E-state index contributed by atoms with van der Waals surface area (Å²) in [5, 5.41) is 8.93. The Kier molecular flexibility index (Phi) is 3.62. The minimum atomic E-state index is -0.0941. The SMILES string of the molecule is Cn1ccc(NC(=O)Cc2csc3nc(-c4ccccc4)cn23)n1. The maximum atomic E-state index is 12.2. The number of amides is 1. The van der Waals surface area contributed by atoms with E-state index in [1.807, 2.05) is 53.4 Å². The first kappa shape index (κ1) is 14.6. The summed E-state index contributed by atoms with van der Waals surface area (Å²) in [5.41, 5.74) is 2.89. The van der Waals surface area contributed by atoms with Gasteiger partial charge < -0.3 is 5.32 Å². The molecule has 4 aromatic rings. The van der Waals surface area contributed by atoms with E-state index in [0.717, 1.165) is 21.9 Å². The maximum Gasteiger partial charge on any atom is 0.231 e. The zero-order valence-electron chi connectivity index (χ0n) is 13.0. The van der Waals surface area contributed by atoms with Crippen molar-refractivity contribution in [1.82, 2.24) is 19.2 Å². The van der Waals surface area contributed by atoms with Gasteiger partial charge in [-0.1, -0.05) is 30.3 Å². The van der Waals surface area contributed by atoms with Crippen LogP contribution in [-0.4, -0.2) is 25.1 Å². The average Bonchev–Trinajstić information content (AvgIpc) is 3.26. The Balaban J connectivity index is 1.56. The summed E-state index contributed by atoms with van der Waals surface area (Å²) in [5.74, 6) is 0.466. The van der Waals surface area contributed by atoms with E-state index >= 15 is 0 Å². The van der Waals surface area contributed by atoms with Crippen molar-refractivity contribution in [2.45, 2.75) is 6.42 Å². The molecule has 1 amide bonds. The number of carbonyl (C=O) groups is 1. The van der Waals surface area contributed by atoms with Gasteiger partial charge in [0.25, 0.3) is 0 Å². The second-order valence-corrected chi connectivity index (χ2v) is 6.31. The molecule has 0 aliphatic heterocycles. The molecule has 0 saturated heterocycles. The largest absolute Gasteiger partial charge is 0.309 e. The van der Waals surface area contributed by atoms with Gasteiger partial charge in [-0.3, -0.25) is 13.9 Å². The van der Waals surface area contributed by atoms with Gasteiger partial charge in [0.05, 0.1) is 12.1 Å². The number of benzene rings is 1. The summed E-state index contributed by atoms with van der Waals surface area (Å²) < 4.78 is 3.63. The summed E-state index contributed by atoms with van der Waals surface area (Å²) >= 11 is 1.53. The second kappa shape index (κ2) is 5.93. The molecule has 0 fully saturated rings. The molecule has 6 nitrogen and oxygen atoms in total. The monoisotopic (exact) mass is 337 g/mol. The van der Waals surface area contributed by atoms with Gasteiger partial charge in [-0.05, 0) is 0 Å². The number of rotatable bonds is 4. The molecule has 1 aromatic carbocycles. The lowest BCUT2D eigenvalue weighted by atomic mass is 10.2. The molecular weight excluding hydrogens is 322 g/mol. The Bertz CT molecular complexity index is 999. The van der Waals surface area contributed by atoms with Crippen LogP contribution in [0.2, 0.25) is 0 Å². The summed E-state index contributed by atoms with van der Waals surface area (Å²) in [6, 6.07) is 11.8. The van der Waals surface area contributed by atoms with Gasteiger partial charge in [0.1, 0.15) is 0 Å². The van der Waals surface area contributed by atoms with Crippen molar-refractivity contribution in [2.24, 2.45) is 7.05 Å². The Hall–Kier alpha value is -2.93. The molecule has 0 unspecified atom stereocenters. The van der Waals surface area contributed by atoms with Gasteiger partial charge in [0.15, 0.2) is 10.8 Å². The molecule has 7 heteroatoms. The number of nitrogens with one attached hydrogen (secondary N) is 1. The fourth-order valence-corrected chi connectivity index (χ4v) is 3.41. The molecule has 0 bridgehead atoms. The third kappa shape index (κ3) is 2.81. The molecule has 0 aliphatic carbocycles. The molecule has 0 saturated carbocycles. The summed E-state index contributed by atoms with van der Waals surface area (Å²) in [7, 11) is 1.81. The van der Waals surface area contributed by atoms with Crippen molar-refractivity contribution in [2.75, 3.05) is 5.32 Å². The van der Waals surface area contributed by atoms with Crippen LogP contribution in [0.25, 0.3) is 16.2 Å². The van der Waals surface area contributed by atoms with Gasteiger partial charge in [0.2, 0.25) is 5.91 Å². The average molecular weight is 337 g/mol. The van der Waals surface area contributed by atoms with Crippen molar-refractivity contribution >= 4 is 28.0 Å². The molecule has 0 radical (unpaired) electrons. The number of carbonyl (C=O) groups excluding carboxylic acids is 1. The van der Waals surface area contributed by atoms with Crippen LogP contribution in [-0.2, 0) is 18.3 Å². The normalized spacial score (nSPS) is 11.0. The predicted octanol–water partition coefficient (Wildman–Crippen LogP) is 2.98. The number of thiazole rings is 1. The Morgan fingerprint density at radius 1 is 1.25 bits per heavy atom. The molecular formula is C17H15N5OS. The standard InChI is InChI=1S/C17H15N5OS/c1-21-8-7-15(20-21)19-16(23)9-13-11-24-17-18-14(10-22(13)17)12-5-3-2-4-6-12/h2-8,10-11H,9H2,1H3,(H,19,20,23). The number of imidazole rings is 1. The first-order valence-electron chi connectivity index (χ1n) is 7.49. The van der Waals surface area contributed by atoms with E-state index in [1.165, 1.54) is 11.3 Å². The first-order chi connectivity index (χ1) is 11.7. The third-order valence-corrected chi connectivity index (χ3v) is 4.56. The van der Waals surface area contributed by atoms with Crippen molar-refractivity contribution < 1.29 is 4.79 Å². The van der Waals surface area contributed by atoms with Crippen molar-refractivity contribution in [3.05, 3.63) is 59.9 Å². The third-order valence-electron chi connectivity index (χ3n) is 3.68. The van der Waals surface area contributed by atoms with Crippen LogP contribution in [0.15, 0.2) is 54.2 Å². The molecule has 3 aromatic heterocycles. The first-order valence-corrected chi connectivity index (χ1v) is 8.37. The molecule has 4 rings (SSSR count). The summed E-state index contributed by atoms with van der Waals surface area (Å²) in [6.07, 6.45) is 4.05. The van der Waals surface area contributed by atoms with Gasteiger partial charge in [-0.2, -0.15) is 5.10 Å². The molecule has 24 heavy (non-hydrogen) atoms. The van der Waals surface area contributed by atoms with Crippen LogP contribution in [0.3, 0.4) is 0 Å². The predicted molar refractivity (Wildman–Crippen MR) is 94.0 cm³/mol. The number of hydrogen-bond acceptors (Lipinski definition) is 4. The van der Waals surface area contributed by atoms with Crippen LogP contribution < -0.4 is 5.32 Å². The van der Waals surface area contributed by atoms with Crippen molar-refractivity contribution in [3.63, 3.8) is 0 Å². The minimum Gasteiger partial charge on any atom is -0.309 e. The van der Waals surface area contributed by atoms with E-state index in [9.17, 15) is 4.79 Å². The zero-order valence-corrected chi connectivity index (χ0v) is 13.8. The smallest absolute Gasteiger partial charge is 0.231 e. The van der Waals surface area contributed by atoms with E-state index in [-0.39, 0.29) is 12.3 Å². The number of aryl methyl sites for hydroxylation is 1. The molecule has 120 valence electrons. The van der Waals surface area contributed by atoms with E-state index in [1.54, 1.807) is 16.9 Å². The van der Waals surface area contributed by atoms with Crippen LogP contribution >= 0.6 is 11.3 Å². The lowest BCUT2D eigenvalue weighted by Gasteiger charge is -2.01. The molecule has 0 aliphatic rings. The highest BCUT2D eigenvalue weighted by Gasteiger charge is 2.13.